The van der Waals surface area contributed by atoms with E-state index in [1.165, 1.54) is 0 Å². The molecule has 0 aliphatic carbocycles. The first-order valence-corrected chi connectivity index (χ1v) is 6.73. The van der Waals surface area contributed by atoms with Crippen LogP contribution in [0.2, 0.25) is 5.02 Å². The topological polar surface area (TPSA) is 58.4 Å². The molecule has 0 unspecified atom stereocenters. The van der Waals surface area contributed by atoms with Crippen molar-refractivity contribution < 1.29 is 9.90 Å². The fourth-order valence-electron chi connectivity index (χ4n) is 2.55. The van der Waals surface area contributed by atoms with Gasteiger partial charge in [0.2, 0.25) is 0 Å². The van der Waals surface area contributed by atoms with Crippen LogP contribution < -0.4 is 0 Å². The van der Waals surface area contributed by atoms with Crippen LogP contribution in [-0.4, -0.2) is 39.3 Å². The van der Waals surface area contributed by atoms with E-state index in [1.54, 1.807) is 10.7 Å². The van der Waals surface area contributed by atoms with E-state index in [1.807, 2.05) is 25.2 Å². The van der Waals surface area contributed by atoms with Crippen molar-refractivity contribution in [1.29, 1.82) is 0 Å². The Morgan fingerprint density at radius 3 is 2.85 bits per heavy atom. The molecule has 0 radical (unpaired) electrons. The monoisotopic (exact) mass is 291 g/mol. The Labute approximate surface area is 121 Å². The van der Waals surface area contributed by atoms with Gasteiger partial charge in [0.05, 0.1) is 16.4 Å². The van der Waals surface area contributed by atoms with Crippen LogP contribution >= 0.6 is 11.6 Å². The molecule has 0 bridgehead atoms. The van der Waals surface area contributed by atoms with Crippen molar-refractivity contribution in [3.8, 4) is 5.69 Å². The molecular weight excluding hydrogens is 278 g/mol. The summed E-state index contributed by atoms with van der Waals surface area (Å²) < 4.78 is 1.67. The summed E-state index contributed by atoms with van der Waals surface area (Å²) in [4.78, 5) is 13.5. The summed E-state index contributed by atoms with van der Waals surface area (Å²) in [6.45, 7) is 1.48. The van der Waals surface area contributed by atoms with Gasteiger partial charge < -0.3 is 10.0 Å². The highest BCUT2D eigenvalue weighted by atomic mass is 35.5. The molecule has 0 spiro atoms. The summed E-state index contributed by atoms with van der Waals surface area (Å²) >= 11 is 6.20. The molecule has 1 aromatic heterocycles. The van der Waals surface area contributed by atoms with Crippen molar-refractivity contribution >= 4 is 17.6 Å². The molecule has 2 heterocycles. The minimum Gasteiger partial charge on any atom is -0.476 e. The van der Waals surface area contributed by atoms with Crippen LogP contribution in [-0.2, 0) is 13.0 Å². The standard InChI is InChI=1S/C14H14ClN3O2/c1-17-7-6-11-9(8-17)13(14(19)20)16-18(11)12-5-3-2-4-10(12)15/h2-5H,6-8H2,1H3,(H,19,20). The van der Waals surface area contributed by atoms with E-state index >= 15 is 0 Å². The molecule has 20 heavy (non-hydrogen) atoms. The number of fused-ring (bicyclic) bond motifs is 1. The van der Waals surface area contributed by atoms with Crippen LogP contribution in [0.15, 0.2) is 24.3 Å². The highest BCUT2D eigenvalue weighted by Gasteiger charge is 2.27. The molecule has 1 N–H and O–H groups in total. The van der Waals surface area contributed by atoms with Gasteiger partial charge in [0, 0.05) is 25.1 Å². The average Bonchev–Trinajstić information content (AvgIpc) is 2.78. The lowest BCUT2D eigenvalue weighted by Gasteiger charge is -2.23. The van der Waals surface area contributed by atoms with Crippen LogP contribution in [0.25, 0.3) is 5.69 Å². The second-order valence-electron chi connectivity index (χ2n) is 4.93. The first-order chi connectivity index (χ1) is 9.58. The zero-order valence-electron chi connectivity index (χ0n) is 11.0. The number of likely N-dealkylation sites (N-methyl/N-ethyl adjacent to an activating group) is 1. The number of nitrogens with zero attached hydrogens (tertiary/aromatic N) is 3. The molecule has 6 heteroatoms. The number of hydrogen-bond acceptors (Lipinski definition) is 3. The van der Waals surface area contributed by atoms with Gasteiger partial charge in [0.25, 0.3) is 0 Å². The zero-order chi connectivity index (χ0) is 14.3. The Bertz CT molecular complexity index is 681. The van der Waals surface area contributed by atoms with Gasteiger partial charge in [0.15, 0.2) is 5.69 Å². The number of carbonyl (C=O) groups is 1. The number of hydrogen-bond donors (Lipinski definition) is 1. The lowest BCUT2D eigenvalue weighted by Crippen LogP contribution is -2.28. The number of halogens is 1. The third kappa shape index (κ3) is 2.09. The molecule has 1 aliphatic heterocycles. The maximum Gasteiger partial charge on any atom is 0.356 e. The van der Waals surface area contributed by atoms with Gasteiger partial charge in [-0.15, -0.1) is 0 Å². The highest BCUT2D eigenvalue weighted by Crippen LogP contribution is 2.27. The second-order valence-corrected chi connectivity index (χ2v) is 5.34. The molecule has 0 atom stereocenters. The van der Waals surface area contributed by atoms with Gasteiger partial charge in [0.1, 0.15) is 0 Å². The lowest BCUT2D eigenvalue weighted by atomic mass is 10.1. The first kappa shape index (κ1) is 13.1. The fraction of sp³-hybridized carbons (Fsp3) is 0.286. The number of para-hydroxylation sites is 1. The van der Waals surface area contributed by atoms with Crippen LogP contribution in [0.1, 0.15) is 21.7 Å². The Hall–Kier alpha value is -1.85. The van der Waals surface area contributed by atoms with Crippen molar-refractivity contribution in [3.05, 3.63) is 46.2 Å². The Morgan fingerprint density at radius 1 is 1.40 bits per heavy atom. The third-order valence-corrected chi connectivity index (χ3v) is 3.85. The summed E-state index contributed by atoms with van der Waals surface area (Å²) in [5.41, 5.74) is 2.56. The molecule has 3 rings (SSSR count). The van der Waals surface area contributed by atoms with Crippen LogP contribution in [0.3, 0.4) is 0 Å². The summed E-state index contributed by atoms with van der Waals surface area (Å²) in [6, 6.07) is 7.33. The van der Waals surface area contributed by atoms with Gasteiger partial charge in [-0.05, 0) is 19.2 Å². The molecule has 0 saturated heterocycles. The predicted molar refractivity (Wildman–Crippen MR) is 75.6 cm³/mol. The number of aromatic nitrogens is 2. The molecule has 0 saturated carbocycles. The van der Waals surface area contributed by atoms with Crippen molar-refractivity contribution in [2.24, 2.45) is 0 Å². The van der Waals surface area contributed by atoms with Crippen molar-refractivity contribution in [2.45, 2.75) is 13.0 Å². The molecule has 5 nitrogen and oxygen atoms in total. The Kier molecular flexibility index (Phi) is 3.23. The van der Waals surface area contributed by atoms with E-state index < -0.39 is 5.97 Å². The smallest absolute Gasteiger partial charge is 0.356 e. The van der Waals surface area contributed by atoms with Crippen LogP contribution in [0.5, 0.6) is 0 Å². The third-order valence-electron chi connectivity index (χ3n) is 3.53. The number of carboxylic acid groups (broad SMARTS) is 1. The Morgan fingerprint density at radius 2 is 2.15 bits per heavy atom. The van der Waals surface area contributed by atoms with Crippen LogP contribution in [0.4, 0.5) is 0 Å². The maximum absolute atomic E-state index is 11.4. The van der Waals surface area contributed by atoms with Crippen molar-refractivity contribution in [2.75, 3.05) is 13.6 Å². The van der Waals surface area contributed by atoms with E-state index in [0.29, 0.717) is 11.6 Å². The predicted octanol–water partition coefficient (Wildman–Crippen LogP) is 2.21. The van der Waals surface area contributed by atoms with Gasteiger partial charge in [-0.3, -0.25) is 0 Å². The lowest BCUT2D eigenvalue weighted by molar-refractivity contribution is 0.0687. The highest BCUT2D eigenvalue weighted by molar-refractivity contribution is 6.32. The van der Waals surface area contributed by atoms with Gasteiger partial charge in [-0.25, -0.2) is 9.48 Å². The van der Waals surface area contributed by atoms with E-state index in [2.05, 4.69) is 10.00 Å². The quantitative estimate of drug-likeness (QED) is 0.922. The van der Waals surface area contributed by atoms with E-state index in [4.69, 9.17) is 11.6 Å². The van der Waals surface area contributed by atoms with Crippen molar-refractivity contribution in [1.82, 2.24) is 14.7 Å². The van der Waals surface area contributed by atoms with E-state index in [0.717, 1.165) is 29.9 Å². The fourth-order valence-corrected chi connectivity index (χ4v) is 2.76. The molecule has 2 aromatic rings. The zero-order valence-corrected chi connectivity index (χ0v) is 11.8. The second kappa shape index (κ2) is 4.92. The SMILES string of the molecule is CN1CCc2c(c(C(=O)O)nn2-c2ccccc2Cl)C1. The molecule has 1 aromatic carbocycles. The van der Waals surface area contributed by atoms with Crippen molar-refractivity contribution in [3.63, 3.8) is 0 Å². The molecule has 104 valence electrons. The number of rotatable bonds is 2. The Balaban J connectivity index is 2.20. The summed E-state index contributed by atoms with van der Waals surface area (Å²) in [6.07, 6.45) is 0.761. The number of carboxylic acids is 1. The minimum absolute atomic E-state index is 0.117. The number of aromatic carboxylic acids is 1. The number of benzene rings is 1. The molecule has 1 aliphatic rings. The van der Waals surface area contributed by atoms with E-state index in [-0.39, 0.29) is 5.69 Å². The molecule has 0 fully saturated rings. The first-order valence-electron chi connectivity index (χ1n) is 6.35. The van der Waals surface area contributed by atoms with Gasteiger partial charge >= 0.3 is 5.97 Å². The van der Waals surface area contributed by atoms with Gasteiger partial charge in [-0.2, -0.15) is 5.10 Å². The largest absolute Gasteiger partial charge is 0.476 e. The minimum atomic E-state index is -0.998. The summed E-state index contributed by atoms with van der Waals surface area (Å²) in [5.74, 6) is -0.998. The summed E-state index contributed by atoms with van der Waals surface area (Å²) in [5, 5.41) is 14.2. The normalized spacial score (nSPS) is 15.1. The van der Waals surface area contributed by atoms with Crippen LogP contribution in [0, 0.1) is 0 Å². The molecular formula is C14H14ClN3O2. The summed E-state index contributed by atoms with van der Waals surface area (Å²) in [7, 11) is 1.97. The molecule has 0 amide bonds. The van der Waals surface area contributed by atoms with E-state index in [9.17, 15) is 9.90 Å². The average molecular weight is 292 g/mol. The van der Waals surface area contributed by atoms with Gasteiger partial charge in [-0.1, -0.05) is 23.7 Å². The maximum atomic E-state index is 11.4.